The number of nitrogens with zero attached hydrogens (tertiary/aromatic N) is 1. The summed E-state index contributed by atoms with van der Waals surface area (Å²) < 4.78 is 0. The number of amides is 1. The van der Waals surface area contributed by atoms with Crippen LogP contribution in [0.25, 0.3) is 0 Å². The Bertz CT molecular complexity index is 412. The van der Waals surface area contributed by atoms with Crippen LogP contribution in [0.1, 0.15) is 31.7 Å². The number of rotatable bonds is 7. The van der Waals surface area contributed by atoms with Gasteiger partial charge in [-0.15, -0.1) is 0 Å². The molecule has 4 heteroatoms. The van der Waals surface area contributed by atoms with Crippen LogP contribution in [0.2, 0.25) is 0 Å². The number of nitrogens with two attached hydrogens (primary N) is 1. The Morgan fingerprint density at radius 1 is 1.37 bits per heavy atom. The first-order chi connectivity index (χ1) is 9.19. The van der Waals surface area contributed by atoms with Crippen LogP contribution in [-0.4, -0.2) is 29.9 Å². The van der Waals surface area contributed by atoms with E-state index in [4.69, 9.17) is 5.73 Å². The van der Waals surface area contributed by atoms with Gasteiger partial charge in [-0.1, -0.05) is 19.1 Å². The van der Waals surface area contributed by atoms with E-state index in [2.05, 4.69) is 17.1 Å². The summed E-state index contributed by atoms with van der Waals surface area (Å²) in [6.07, 6.45) is 3.39. The highest BCUT2D eigenvalue weighted by atomic mass is 16.2. The first kappa shape index (κ1) is 13.9. The number of anilines is 1. The molecule has 0 saturated heterocycles. The van der Waals surface area contributed by atoms with Gasteiger partial charge in [-0.05, 0) is 37.0 Å². The van der Waals surface area contributed by atoms with Gasteiger partial charge in [0, 0.05) is 24.8 Å². The van der Waals surface area contributed by atoms with E-state index in [1.807, 2.05) is 24.3 Å². The molecule has 1 aromatic rings. The zero-order chi connectivity index (χ0) is 13.7. The Morgan fingerprint density at radius 2 is 2.05 bits per heavy atom. The summed E-state index contributed by atoms with van der Waals surface area (Å²) in [6.45, 7) is 4.14. The van der Waals surface area contributed by atoms with Gasteiger partial charge < -0.3 is 11.1 Å². The van der Waals surface area contributed by atoms with Crippen molar-refractivity contribution in [2.45, 2.75) is 38.8 Å². The van der Waals surface area contributed by atoms with Crippen LogP contribution in [-0.2, 0) is 11.3 Å². The number of nitrogen functional groups attached to an aromatic ring is 1. The predicted molar refractivity (Wildman–Crippen MR) is 77.6 cm³/mol. The topological polar surface area (TPSA) is 58.4 Å². The van der Waals surface area contributed by atoms with E-state index >= 15 is 0 Å². The van der Waals surface area contributed by atoms with Crippen LogP contribution >= 0.6 is 0 Å². The van der Waals surface area contributed by atoms with Gasteiger partial charge in [0.05, 0.1) is 6.54 Å². The van der Waals surface area contributed by atoms with E-state index in [-0.39, 0.29) is 5.91 Å². The highest BCUT2D eigenvalue weighted by molar-refractivity contribution is 5.78. The molecule has 0 aromatic heterocycles. The molecule has 1 aliphatic carbocycles. The fourth-order valence-corrected chi connectivity index (χ4v) is 2.12. The van der Waals surface area contributed by atoms with Crippen molar-refractivity contribution in [3.05, 3.63) is 29.8 Å². The van der Waals surface area contributed by atoms with E-state index in [0.717, 1.165) is 25.2 Å². The lowest BCUT2D eigenvalue weighted by molar-refractivity contribution is -0.122. The molecule has 0 bridgehead atoms. The van der Waals surface area contributed by atoms with Gasteiger partial charge in [-0.25, -0.2) is 0 Å². The van der Waals surface area contributed by atoms with Gasteiger partial charge in [-0.2, -0.15) is 0 Å². The number of carbonyl (C=O) groups excluding carboxylic acids is 1. The predicted octanol–water partition coefficient (Wildman–Crippen LogP) is 1.76. The fraction of sp³-hybridized carbons (Fsp3) is 0.533. The molecule has 104 valence electrons. The number of carbonyl (C=O) groups is 1. The van der Waals surface area contributed by atoms with Gasteiger partial charge in [0.15, 0.2) is 0 Å². The Labute approximate surface area is 115 Å². The number of hydrogen-bond donors (Lipinski definition) is 2. The first-order valence-electron chi connectivity index (χ1n) is 7.04. The number of hydrogen-bond acceptors (Lipinski definition) is 3. The van der Waals surface area contributed by atoms with E-state index in [0.29, 0.717) is 12.6 Å². The normalized spacial score (nSPS) is 14.6. The molecule has 1 aromatic carbocycles. The van der Waals surface area contributed by atoms with Crippen LogP contribution in [0.4, 0.5) is 5.69 Å². The zero-order valence-electron chi connectivity index (χ0n) is 11.6. The Balaban J connectivity index is 1.89. The fourth-order valence-electron chi connectivity index (χ4n) is 2.12. The lowest BCUT2D eigenvalue weighted by atomic mass is 10.2. The van der Waals surface area contributed by atoms with Crippen molar-refractivity contribution in [1.29, 1.82) is 0 Å². The van der Waals surface area contributed by atoms with Crippen LogP contribution in [0.15, 0.2) is 24.3 Å². The first-order valence-corrected chi connectivity index (χ1v) is 7.04. The quantitative estimate of drug-likeness (QED) is 0.735. The average molecular weight is 261 g/mol. The van der Waals surface area contributed by atoms with E-state index in [1.54, 1.807) is 0 Å². The van der Waals surface area contributed by atoms with Crippen molar-refractivity contribution < 1.29 is 4.79 Å². The Morgan fingerprint density at radius 3 is 2.63 bits per heavy atom. The second-order valence-corrected chi connectivity index (χ2v) is 5.23. The molecule has 0 radical (unpaired) electrons. The minimum atomic E-state index is 0.129. The van der Waals surface area contributed by atoms with Crippen molar-refractivity contribution in [2.24, 2.45) is 0 Å². The summed E-state index contributed by atoms with van der Waals surface area (Å²) in [4.78, 5) is 14.1. The lowest BCUT2D eigenvalue weighted by Gasteiger charge is -2.21. The molecule has 4 nitrogen and oxygen atoms in total. The summed E-state index contributed by atoms with van der Waals surface area (Å²) in [7, 11) is 0. The number of benzene rings is 1. The average Bonchev–Trinajstić information content (AvgIpc) is 3.22. The molecule has 0 unspecified atom stereocenters. The highest BCUT2D eigenvalue weighted by Crippen LogP contribution is 2.28. The summed E-state index contributed by atoms with van der Waals surface area (Å²) in [5.41, 5.74) is 7.68. The van der Waals surface area contributed by atoms with E-state index in [9.17, 15) is 4.79 Å². The van der Waals surface area contributed by atoms with Crippen LogP contribution < -0.4 is 11.1 Å². The molecule has 0 heterocycles. The molecule has 1 saturated carbocycles. The molecule has 0 atom stereocenters. The molecule has 19 heavy (non-hydrogen) atoms. The smallest absolute Gasteiger partial charge is 0.234 e. The molecule has 1 fully saturated rings. The minimum absolute atomic E-state index is 0.129. The molecule has 2 rings (SSSR count). The monoisotopic (exact) mass is 261 g/mol. The van der Waals surface area contributed by atoms with Crippen LogP contribution in [0, 0.1) is 0 Å². The Hall–Kier alpha value is -1.55. The lowest BCUT2D eigenvalue weighted by Crippen LogP contribution is -2.38. The van der Waals surface area contributed by atoms with Gasteiger partial charge in [0.1, 0.15) is 0 Å². The third kappa shape index (κ3) is 4.56. The van der Waals surface area contributed by atoms with Crippen LogP contribution in [0.5, 0.6) is 0 Å². The molecule has 3 N–H and O–H groups in total. The maximum absolute atomic E-state index is 11.8. The molecule has 0 aliphatic heterocycles. The van der Waals surface area contributed by atoms with Crippen LogP contribution in [0.3, 0.4) is 0 Å². The largest absolute Gasteiger partial charge is 0.399 e. The summed E-state index contributed by atoms with van der Waals surface area (Å²) >= 11 is 0. The van der Waals surface area contributed by atoms with Crippen molar-refractivity contribution in [1.82, 2.24) is 10.2 Å². The van der Waals surface area contributed by atoms with Crippen molar-refractivity contribution in [2.75, 3.05) is 18.8 Å². The van der Waals surface area contributed by atoms with Gasteiger partial charge in [-0.3, -0.25) is 9.69 Å². The Kier molecular flexibility index (Phi) is 4.80. The van der Waals surface area contributed by atoms with Crippen molar-refractivity contribution >= 4 is 11.6 Å². The molecular formula is C15H23N3O. The second-order valence-electron chi connectivity index (χ2n) is 5.23. The SMILES string of the molecule is CCCNC(=O)CN(Cc1ccc(N)cc1)C1CC1. The van der Waals surface area contributed by atoms with Crippen molar-refractivity contribution in [3.63, 3.8) is 0 Å². The summed E-state index contributed by atoms with van der Waals surface area (Å²) in [5.74, 6) is 0.129. The standard InChI is InChI=1S/C15H23N3O/c1-2-9-17-15(19)11-18(14-7-8-14)10-12-3-5-13(16)6-4-12/h3-6,14H,2,7-11,16H2,1H3,(H,17,19). The maximum Gasteiger partial charge on any atom is 0.234 e. The highest BCUT2D eigenvalue weighted by Gasteiger charge is 2.30. The van der Waals surface area contributed by atoms with E-state index < -0.39 is 0 Å². The third-order valence-corrected chi connectivity index (χ3v) is 3.35. The second kappa shape index (κ2) is 6.57. The number of nitrogens with one attached hydrogen (secondary N) is 1. The zero-order valence-corrected chi connectivity index (χ0v) is 11.6. The molecule has 1 aliphatic rings. The molecule has 1 amide bonds. The van der Waals surface area contributed by atoms with Gasteiger partial charge in [0.25, 0.3) is 0 Å². The summed E-state index contributed by atoms with van der Waals surface area (Å²) in [5, 5.41) is 2.94. The molecular weight excluding hydrogens is 238 g/mol. The maximum atomic E-state index is 11.8. The summed E-state index contributed by atoms with van der Waals surface area (Å²) in [6, 6.07) is 8.48. The third-order valence-electron chi connectivity index (χ3n) is 3.35. The van der Waals surface area contributed by atoms with Gasteiger partial charge in [0.2, 0.25) is 5.91 Å². The van der Waals surface area contributed by atoms with E-state index in [1.165, 1.54) is 18.4 Å². The van der Waals surface area contributed by atoms with Gasteiger partial charge >= 0.3 is 0 Å². The molecule has 0 spiro atoms. The minimum Gasteiger partial charge on any atom is -0.399 e. The van der Waals surface area contributed by atoms with Crippen molar-refractivity contribution in [3.8, 4) is 0 Å².